The average molecular weight is 321 g/mol. The van der Waals surface area contributed by atoms with Crippen molar-refractivity contribution in [2.75, 3.05) is 19.6 Å². The van der Waals surface area contributed by atoms with Crippen LogP contribution < -0.4 is 0 Å². The van der Waals surface area contributed by atoms with Crippen molar-refractivity contribution in [3.05, 3.63) is 12.4 Å². The number of hydrogen-bond donors (Lipinski definition) is 0. The van der Waals surface area contributed by atoms with E-state index in [-0.39, 0.29) is 5.91 Å². The van der Waals surface area contributed by atoms with Gasteiger partial charge in [-0.25, -0.2) is 9.69 Å². The van der Waals surface area contributed by atoms with Gasteiger partial charge in [-0.15, -0.1) is 0 Å². The smallest absolute Gasteiger partial charge is 0.418 e. The molecule has 0 aromatic carbocycles. The zero-order valence-corrected chi connectivity index (χ0v) is 13.9. The van der Waals surface area contributed by atoms with Crippen molar-refractivity contribution >= 4 is 12.0 Å². The first kappa shape index (κ1) is 15.9. The molecule has 2 saturated heterocycles. The number of aromatic nitrogens is 3. The predicted molar refractivity (Wildman–Crippen MR) is 81.5 cm³/mol. The summed E-state index contributed by atoms with van der Waals surface area (Å²) in [6.45, 7) is 8.50. The third kappa shape index (κ3) is 2.95. The minimum absolute atomic E-state index is 0.191. The molecule has 126 valence electrons. The number of carbonyl (C=O) groups excluding carboxylic acids is 2. The van der Waals surface area contributed by atoms with Gasteiger partial charge in [0.25, 0.3) is 5.91 Å². The van der Waals surface area contributed by atoms with Gasteiger partial charge < -0.3 is 9.64 Å². The highest BCUT2D eigenvalue weighted by molar-refractivity contribution is 6.03. The topological polar surface area (TPSA) is 80.6 Å². The molecule has 0 bridgehead atoms. The zero-order valence-electron chi connectivity index (χ0n) is 13.9. The van der Waals surface area contributed by atoms with Gasteiger partial charge in [-0.2, -0.15) is 15.0 Å². The Morgan fingerprint density at radius 3 is 2.26 bits per heavy atom. The first-order valence-corrected chi connectivity index (χ1v) is 7.96. The maximum absolute atomic E-state index is 12.7. The summed E-state index contributed by atoms with van der Waals surface area (Å²) < 4.78 is 5.52. The Morgan fingerprint density at radius 1 is 1.13 bits per heavy atom. The molecule has 2 aliphatic rings. The summed E-state index contributed by atoms with van der Waals surface area (Å²) in [5, 5.41) is 8.16. The summed E-state index contributed by atoms with van der Waals surface area (Å²) in [6.07, 6.45) is 3.87. The first-order valence-electron chi connectivity index (χ1n) is 7.96. The van der Waals surface area contributed by atoms with Crippen LogP contribution in [0.25, 0.3) is 0 Å². The molecule has 0 aliphatic carbocycles. The van der Waals surface area contributed by atoms with Crippen molar-refractivity contribution < 1.29 is 14.3 Å². The van der Waals surface area contributed by atoms with E-state index in [1.165, 1.54) is 4.90 Å². The average Bonchev–Trinajstić information content (AvgIpc) is 3.05. The number of carbonyl (C=O) groups is 2. The second kappa shape index (κ2) is 5.59. The monoisotopic (exact) mass is 321 g/mol. The Kier molecular flexibility index (Phi) is 3.87. The van der Waals surface area contributed by atoms with Crippen molar-refractivity contribution in [1.29, 1.82) is 0 Å². The minimum atomic E-state index is -0.967. The van der Waals surface area contributed by atoms with E-state index in [9.17, 15) is 9.59 Å². The van der Waals surface area contributed by atoms with E-state index in [4.69, 9.17) is 4.74 Å². The highest BCUT2D eigenvalue weighted by atomic mass is 16.6. The van der Waals surface area contributed by atoms with Gasteiger partial charge in [0.15, 0.2) is 5.60 Å². The van der Waals surface area contributed by atoms with E-state index < -0.39 is 17.2 Å². The summed E-state index contributed by atoms with van der Waals surface area (Å²) in [7, 11) is 0. The Balaban J connectivity index is 1.60. The van der Waals surface area contributed by atoms with Crippen molar-refractivity contribution in [1.82, 2.24) is 24.8 Å². The molecule has 1 spiro atoms. The van der Waals surface area contributed by atoms with Crippen molar-refractivity contribution in [3.8, 4) is 0 Å². The van der Waals surface area contributed by atoms with Gasteiger partial charge in [-0.3, -0.25) is 4.79 Å². The number of rotatable bonds is 3. The van der Waals surface area contributed by atoms with Crippen molar-refractivity contribution in [2.24, 2.45) is 0 Å². The van der Waals surface area contributed by atoms with Crippen LogP contribution in [0.5, 0.6) is 0 Å². The van der Waals surface area contributed by atoms with E-state index >= 15 is 0 Å². The number of nitrogens with zero attached hydrogens (tertiary/aromatic N) is 5. The lowest BCUT2D eigenvalue weighted by Crippen LogP contribution is -2.53. The second-order valence-corrected chi connectivity index (χ2v) is 7.14. The second-order valence-electron chi connectivity index (χ2n) is 7.14. The first-order chi connectivity index (χ1) is 10.8. The Labute approximate surface area is 135 Å². The Hall–Kier alpha value is -1.96. The van der Waals surface area contributed by atoms with E-state index in [0.29, 0.717) is 19.4 Å². The lowest BCUT2D eigenvalue weighted by molar-refractivity contribution is -0.142. The number of piperidine rings is 1. The third-order valence-electron chi connectivity index (χ3n) is 4.48. The lowest BCUT2D eigenvalue weighted by Gasteiger charge is -2.36. The van der Waals surface area contributed by atoms with Crippen LogP contribution in [0, 0.1) is 0 Å². The largest absolute Gasteiger partial charge is 0.432 e. The highest BCUT2D eigenvalue weighted by Gasteiger charge is 2.57. The quantitative estimate of drug-likeness (QED) is 0.822. The standard InChI is InChI=1S/C15H23N5O3/c1-14(2,3)20-12(21)15(23-13(20)22)4-8-18(9-5-15)10-11-19-16-6-7-17-19/h6-7H,4-5,8-11H2,1-3H3. The molecule has 1 aromatic heterocycles. The van der Waals surface area contributed by atoms with Crippen LogP contribution >= 0.6 is 0 Å². The zero-order chi connectivity index (χ0) is 16.7. The summed E-state index contributed by atoms with van der Waals surface area (Å²) in [5.41, 5.74) is -1.52. The SMILES string of the molecule is CC(C)(C)N1C(=O)OC2(CCN(CCn3nccn3)CC2)C1=O. The van der Waals surface area contributed by atoms with Crippen LogP contribution in [0.15, 0.2) is 12.4 Å². The van der Waals surface area contributed by atoms with Gasteiger partial charge in [0.1, 0.15) is 0 Å². The van der Waals surface area contributed by atoms with E-state index in [0.717, 1.165) is 19.6 Å². The highest BCUT2D eigenvalue weighted by Crippen LogP contribution is 2.37. The Bertz CT molecular complexity index is 585. The van der Waals surface area contributed by atoms with Crippen LogP contribution in [-0.4, -0.2) is 67.6 Å². The maximum Gasteiger partial charge on any atom is 0.418 e. The number of imide groups is 1. The van der Waals surface area contributed by atoms with Gasteiger partial charge >= 0.3 is 6.09 Å². The predicted octanol–water partition coefficient (Wildman–Crippen LogP) is 0.890. The number of ether oxygens (including phenoxy) is 1. The van der Waals surface area contributed by atoms with Crippen LogP contribution in [-0.2, 0) is 16.1 Å². The van der Waals surface area contributed by atoms with Gasteiger partial charge in [0.2, 0.25) is 0 Å². The molecule has 3 rings (SSSR count). The summed E-state index contributed by atoms with van der Waals surface area (Å²) in [4.78, 5) is 30.0. The summed E-state index contributed by atoms with van der Waals surface area (Å²) in [6, 6.07) is 0. The van der Waals surface area contributed by atoms with Gasteiger partial charge in [0, 0.05) is 38.0 Å². The molecule has 23 heavy (non-hydrogen) atoms. The molecule has 0 N–H and O–H groups in total. The van der Waals surface area contributed by atoms with Gasteiger partial charge in [0.05, 0.1) is 18.9 Å². The molecule has 1 aromatic rings. The molecule has 3 heterocycles. The Morgan fingerprint density at radius 2 is 1.74 bits per heavy atom. The fraction of sp³-hybridized carbons (Fsp3) is 0.733. The van der Waals surface area contributed by atoms with Crippen LogP contribution in [0.4, 0.5) is 4.79 Å². The molecule has 2 aliphatic heterocycles. The van der Waals surface area contributed by atoms with Gasteiger partial charge in [-0.1, -0.05) is 0 Å². The molecule has 8 nitrogen and oxygen atoms in total. The van der Waals surface area contributed by atoms with E-state index in [1.807, 2.05) is 20.8 Å². The fourth-order valence-electron chi connectivity index (χ4n) is 3.17. The molecule has 2 amide bonds. The van der Waals surface area contributed by atoms with Crippen LogP contribution in [0.2, 0.25) is 0 Å². The van der Waals surface area contributed by atoms with E-state index in [1.54, 1.807) is 17.2 Å². The van der Waals surface area contributed by atoms with Gasteiger partial charge in [-0.05, 0) is 20.8 Å². The van der Waals surface area contributed by atoms with Crippen LogP contribution in [0.1, 0.15) is 33.6 Å². The molecule has 0 atom stereocenters. The molecule has 0 radical (unpaired) electrons. The lowest BCUT2D eigenvalue weighted by atomic mass is 9.89. The molecular weight excluding hydrogens is 298 g/mol. The van der Waals surface area contributed by atoms with E-state index in [2.05, 4.69) is 15.1 Å². The fourth-order valence-corrected chi connectivity index (χ4v) is 3.17. The summed E-state index contributed by atoms with van der Waals surface area (Å²) in [5.74, 6) is -0.191. The number of amides is 2. The molecule has 8 heteroatoms. The maximum atomic E-state index is 12.7. The molecule has 0 unspecified atom stereocenters. The number of likely N-dealkylation sites (tertiary alicyclic amines) is 1. The molecule has 2 fully saturated rings. The summed E-state index contributed by atoms with van der Waals surface area (Å²) >= 11 is 0. The number of hydrogen-bond acceptors (Lipinski definition) is 6. The normalized spacial score (nSPS) is 22.0. The van der Waals surface area contributed by atoms with Crippen molar-refractivity contribution in [2.45, 2.75) is 51.3 Å². The minimum Gasteiger partial charge on any atom is -0.432 e. The molecule has 0 saturated carbocycles. The third-order valence-corrected chi connectivity index (χ3v) is 4.48. The van der Waals surface area contributed by atoms with Crippen molar-refractivity contribution in [3.63, 3.8) is 0 Å². The van der Waals surface area contributed by atoms with Crippen LogP contribution in [0.3, 0.4) is 0 Å². The molecular formula is C15H23N5O3.